The van der Waals surface area contributed by atoms with Gasteiger partial charge in [0.25, 0.3) is 0 Å². The van der Waals surface area contributed by atoms with Crippen molar-refractivity contribution in [3.05, 3.63) is 35.9 Å². The molecular formula is C15H21NO3. The first-order chi connectivity index (χ1) is 9.09. The summed E-state index contributed by atoms with van der Waals surface area (Å²) in [5.74, 6) is -0.526. The molecule has 1 N–H and O–H groups in total. The van der Waals surface area contributed by atoms with E-state index in [0.29, 0.717) is 0 Å². The number of hydrogen-bond acceptors (Lipinski definition) is 4. The molecule has 2 saturated heterocycles. The highest BCUT2D eigenvalue weighted by molar-refractivity contribution is 5.15. The number of likely N-dealkylation sites (tertiary alicyclic amines) is 1. The van der Waals surface area contributed by atoms with Gasteiger partial charge in [0.1, 0.15) is 12.2 Å². The molecule has 19 heavy (non-hydrogen) atoms. The summed E-state index contributed by atoms with van der Waals surface area (Å²) in [5, 5.41) is 9.65. The second-order valence-electron chi connectivity index (χ2n) is 5.80. The van der Waals surface area contributed by atoms with Crippen LogP contribution in [0.5, 0.6) is 0 Å². The van der Waals surface area contributed by atoms with E-state index in [0.717, 1.165) is 13.1 Å². The fourth-order valence-electron chi connectivity index (χ4n) is 3.12. The first-order valence-corrected chi connectivity index (χ1v) is 6.83. The Morgan fingerprint density at radius 2 is 2.00 bits per heavy atom. The van der Waals surface area contributed by atoms with Gasteiger partial charge in [0.15, 0.2) is 5.79 Å². The maximum atomic E-state index is 9.65. The number of aliphatic hydroxyl groups excluding tert-OH is 1. The zero-order chi connectivity index (χ0) is 13.5. The van der Waals surface area contributed by atoms with Crippen LogP contribution in [0.2, 0.25) is 0 Å². The van der Waals surface area contributed by atoms with Gasteiger partial charge in [-0.05, 0) is 19.4 Å². The zero-order valence-corrected chi connectivity index (χ0v) is 11.5. The van der Waals surface area contributed by atoms with E-state index in [9.17, 15) is 5.11 Å². The summed E-state index contributed by atoms with van der Waals surface area (Å²) >= 11 is 0. The predicted molar refractivity (Wildman–Crippen MR) is 71.6 cm³/mol. The lowest BCUT2D eigenvalue weighted by molar-refractivity contribution is -0.163. The second-order valence-corrected chi connectivity index (χ2v) is 5.80. The number of aliphatic hydroxyl groups is 1. The van der Waals surface area contributed by atoms with E-state index in [4.69, 9.17) is 9.47 Å². The Kier molecular flexibility index (Phi) is 3.35. The molecule has 0 aliphatic carbocycles. The normalized spacial score (nSPS) is 33.5. The van der Waals surface area contributed by atoms with Gasteiger partial charge in [0.2, 0.25) is 0 Å². The SMILES string of the molecule is CC1(C)OC2CN(Cc3ccccc3)C(CO)C2O1. The lowest BCUT2D eigenvalue weighted by Gasteiger charge is -2.28. The Morgan fingerprint density at radius 3 is 2.68 bits per heavy atom. The summed E-state index contributed by atoms with van der Waals surface area (Å²) in [5.41, 5.74) is 1.25. The molecule has 2 aliphatic heterocycles. The van der Waals surface area contributed by atoms with Crippen molar-refractivity contribution in [2.45, 2.75) is 44.4 Å². The van der Waals surface area contributed by atoms with Gasteiger partial charge in [0.05, 0.1) is 12.6 Å². The third-order valence-electron chi connectivity index (χ3n) is 3.90. The summed E-state index contributed by atoms with van der Waals surface area (Å²) in [6, 6.07) is 10.3. The largest absolute Gasteiger partial charge is 0.395 e. The molecule has 3 unspecified atom stereocenters. The molecular weight excluding hydrogens is 242 g/mol. The number of fused-ring (bicyclic) bond motifs is 1. The van der Waals surface area contributed by atoms with E-state index in [-0.39, 0.29) is 24.9 Å². The fourth-order valence-corrected chi connectivity index (χ4v) is 3.12. The number of nitrogens with zero attached hydrogens (tertiary/aromatic N) is 1. The van der Waals surface area contributed by atoms with Crippen molar-refractivity contribution in [2.75, 3.05) is 13.2 Å². The molecule has 0 aromatic heterocycles. The highest BCUT2D eigenvalue weighted by Crippen LogP contribution is 2.37. The standard InChI is InChI=1S/C15H21NO3/c1-15(2)18-13-9-16(12(10-17)14(13)19-15)8-11-6-4-3-5-7-11/h3-7,12-14,17H,8-10H2,1-2H3. The second kappa shape index (κ2) is 4.87. The maximum Gasteiger partial charge on any atom is 0.163 e. The van der Waals surface area contributed by atoms with Gasteiger partial charge in [-0.1, -0.05) is 30.3 Å². The van der Waals surface area contributed by atoms with Crippen molar-refractivity contribution < 1.29 is 14.6 Å². The highest BCUT2D eigenvalue weighted by atomic mass is 16.8. The Hall–Kier alpha value is -0.940. The molecule has 2 fully saturated rings. The third kappa shape index (κ3) is 2.54. The Labute approximate surface area is 113 Å². The van der Waals surface area contributed by atoms with Crippen LogP contribution in [0.1, 0.15) is 19.4 Å². The van der Waals surface area contributed by atoms with Crippen LogP contribution in [0.4, 0.5) is 0 Å². The Balaban J connectivity index is 1.72. The van der Waals surface area contributed by atoms with Crippen molar-refractivity contribution in [3.63, 3.8) is 0 Å². The van der Waals surface area contributed by atoms with E-state index in [1.807, 2.05) is 32.0 Å². The zero-order valence-electron chi connectivity index (χ0n) is 11.5. The van der Waals surface area contributed by atoms with E-state index in [1.165, 1.54) is 5.56 Å². The summed E-state index contributed by atoms with van der Waals surface area (Å²) in [6.45, 7) is 5.61. The van der Waals surface area contributed by atoms with Crippen LogP contribution in [-0.2, 0) is 16.0 Å². The number of ether oxygens (including phenoxy) is 2. The summed E-state index contributed by atoms with van der Waals surface area (Å²) in [6.07, 6.45) is 0.0413. The van der Waals surface area contributed by atoms with E-state index >= 15 is 0 Å². The smallest absolute Gasteiger partial charge is 0.163 e. The van der Waals surface area contributed by atoms with Crippen LogP contribution in [0, 0.1) is 0 Å². The molecule has 0 saturated carbocycles. The van der Waals surface area contributed by atoms with Crippen LogP contribution in [-0.4, -0.2) is 47.2 Å². The third-order valence-corrected chi connectivity index (χ3v) is 3.90. The van der Waals surface area contributed by atoms with Gasteiger partial charge in [-0.2, -0.15) is 0 Å². The first-order valence-electron chi connectivity index (χ1n) is 6.83. The van der Waals surface area contributed by atoms with Crippen molar-refractivity contribution in [2.24, 2.45) is 0 Å². The molecule has 1 aromatic rings. The van der Waals surface area contributed by atoms with Gasteiger partial charge in [-0.3, -0.25) is 4.90 Å². The molecule has 0 radical (unpaired) electrons. The van der Waals surface area contributed by atoms with Crippen molar-refractivity contribution in [3.8, 4) is 0 Å². The number of hydrogen-bond donors (Lipinski definition) is 1. The van der Waals surface area contributed by atoms with E-state index < -0.39 is 5.79 Å². The van der Waals surface area contributed by atoms with Gasteiger partial charge in [0, 0.05) is 13.1 Å². The van der Waals surface area contributed by atoms with Gasteiger partial charge < -0.3 is 14.6 Å². The van der Waals surface area contributed by atoms with Crippen LogP contribution in [0.15, 0.2) is 30.3 Å². The molecule has 4 heteroatoms. The summed E-state index contributed by atoms with van der Waals surface area (Å²) in [4.78, 5) is 2.25. The fraction of sp³-hybridized carbons (Fsp3) is 0.600. The molecule has 0 amide bonds. The minimum absolute atomic E-state index is 0.0204. The van der Waals surface area contributed by atoms with Crippen molar-refractivity contribution in [1.29, 1.82) is 0 Å². The lowest BCUT2D eigenvalue weighted by Crippen LogP contribution is -2.40. The minimum Gasteiger partial charge on any atom is -0.395 e. The topological polar surface area (TPSA) is 41.9 Å². The number of rotatable bonds is 3. The monoisotopic (exact) mass is 263 g/mol. The van der Waals surface area contributed by atoms with Crippen molar-refractivity contribution >= 4 is 0 Å². The van der Waals surface area contributed by atoms with Crippen LogP contribution >= 0.6 is 0 Å². The molecule has 0 spiro atoms. The average Bonchev–Trinajstić information content (AvgIpc) is 2.81. The Bertz CT molecular complexity index is 434. The van der Waals surface area contributed by atoms with Crippen LogP contribution in [0.3, 0.4) is 0 Å². The van der Waals surface area contributed by atoms with Gasteiger partial charge in [-0.15, -0.1) is 0 Å². The molecule has 2 aliphatic rings. The molecule has 3 rings (SSSR count). The minimum atomic E-state index is -0.526. The Morgan fingerprint density at radius 1 is 1.26 bits per heavy atom. The molecule has 2 heterocycles. The quantitative estimate of drug-likeness (QED) is 0.894. The van der Waals surface area contributed by atoms with E-state index in [2.05, 4.69) is 17.0 Å². The molecule has 0 bridgehead atoms. The van der Waals surface area contributed by atoms with Crippen molar-refractivity contribution in [1.82, 2.24) is 4.90 Å². The maximum absolute atomic E-state index is 9.65. The van der Waals surface area contributed by atoms with Crippen LogP contribution in [0.25, 0.3) is 0 Å². The van der Waals surface area contributed by atoms with Gasteiger partial charge in [-0.25, -0.2) is 0 Å². The number of benzene rings is 1. The highest BCUT2D eigenvalue weighted by Gasteiger charge is 2.51. The lowest BCUT2D eigenvalue weighted by atomic mass is 10.1. The molecule has 4 nitrogen and oxygen atoms in total. The molecule has 1 aromatic carbocycles. The molecule has 104 valence electrons. The van der Waals surface area contributed by atoms with E-state index in [1.54, 1.807) is 0 Å². The first kappa shape index (κ1) is 13.1. The predicted octanol–water partition coefficient (Wildman–Crippen LogP) is 1.38. The average molecular weight is 263 g/mol. The van der Waals surface area contributed by atoms with Crippen LogP contribution < -0.4 is 0 Å². The summed E-state index contributed by atoms with van der Waals surface area (Å²) in [7, 11) is 0. The summed E-state index contributed by atoms with van der Waals surface area (Å²) < 4.78 is 11.8. The molecule has 3 atom stereocenters. The van der Waals surface area contributed by atoms with Gasteiger partial charge >= 0.3 is 0 Å².